The summed E-state index contributed by atoms with van der Waals surface area (Å²) in [5.41, 5.74) is -0.908. The number of nitrogens with one attached hydrogen (secondary N) is 2. The van der Waals surface area contributed by atoms with E-state index in [1.165, 1.54) is 4.90 Å². The van der Waals surface area contributed by atoms with E-state index in [0.29, 0.717) is 25.9 Å². The first-order valence-corrected chi connectivity index (χ1v) is 7.33. The molecular weight excluding hydrogens is 274 g/mol. The Hall–Kier alpha value is -1.79. The Balaban J connectivity index is 2.35. The van der Waals surface area contributed by atoms with Gasteiger partial charge in [-0.1, -0.05) is 19.3 Å². The molecule has 1 saturated carbocycles. The van der Waals surface area contributed by atoms with Crippen LogP contribution in [0.3, 0.4) is 0 Å². The van der Waals surface area contributed by atoms with Gasteiger partial charge in [0, 0.05) is 33.6 Å². The molecule has 21 heavy (non-hydrogen) atoms. The fourth-order valence-electron chi connectivity index (χ4n) is 2.59. The summed E-state index contributed by atoms with van der Waals surface area (Å²) in [6, 6.07) is -0.224. The molecule has 120 valence electrons. The fourth-order valence-corrected chi connectivity index (χ4v) is 2.59. The maximum atomic E-state index is 11.9. The molecule has 7 heteroatoms. The monoisotopic (exact) mass is 299 g/mol. The molecule has 0 radical (unpaired) electrons. The van der Waals surface area contributed by atoms with Gasteiger partial charge < -0.3 is 20.6 Å². The Morgan fingerprint density at radius 2 is 1.62 bits per heavy atom. The quantitative estimate of drug-likeness (QED) is 0.632. The summed E-state index contributed by atoms with van der Waals surface area (Å²) >= 11 is 0. The lowest BCUT2D eigenvalue weighted by atomic mass is 9.71. The van der Waals surface area contributed by atoms with Crippen molar-refractivity contribution in [1.29, 1.82) is 0 Å². The van der Waals surface area contributed by atoms with Gasteiger partial charge in [0.25, 0.3) is 0 Å². The van der Waals surface area contributed by atoms with E-state index in [-0.39, 0.29) is 18.4 Å². The third-order valence-corrected chi connectivity index (χ3v) is 3.89. The highest BCUT2D eigenvalue weighted by atomic mass is 16.4. The van der Waals surface area contributed by atoms with E-state index in [4.69, 9.17) is 0 Å². The van der Waals surface area contributed by atoms with Crippen LogP contribution in [-0.4, -0.2) is 55.1 Å². The first-order chi connectivity index (χ1) is 9.87. The SMILES string of the molecule is CN(C)C(=O)NCCNC(=O)CC1(C(=O)O)CCCCC1. The van der Waals surface area contributed by atoms with Crippen LogP contribution in [-0.2, 0) is 9.59 Å². The lowest BCUT2D eigenvalue weighted by molar-refractivity contribution is -0.154. The van der Waals surface area contributed by atoms with Crippen molar-refractivity contribution >= 4 is 17.9 Å². The summed E-state index contributed by atoms with van der Waals surface area (Å²) in [6.07, 6.45) is 3.90. The number of urea groups is 1. The number of aliphatic carboxylic acids is 1. The normalized spacial score (nSPS) is 16.9. The summed E-state index contributed by atoms with van der Waals surface area (Å²) in [4.78, 5) is 36.0. The van der Waals surface area contributed by atoms with Gasteiger partial charge in [0.1, 0.15) is 0 Å². The van der Waals surface area contributed by atoms with Crippen LogP contribution in [0.1, 0.15) is 38.5 Å². The molecular formula is C14H25N3O4. The third-order valence-electron chi connectivity index (χ3n) is 3.89. The van der Waals surface area contributed by atoms with Crippen molar-refractivity contribution in [2.45, 2.75) is 38.5 Å². The summed E-state index contributed by atoms with van der Waals surface area (Å²) in [7, 11) is 3.27. The molecule has 0 saturated heterocycles. The Morgan fingerprint density at radius 1 is 1.05 bits per heavy atom. The van der Waals surface area contributed by atoms with Crippen molar-refractivity contribution in [3.63, 3.8) is 0 Å². The predicted molar refractivity (Wildman–Crippen MR) is 77.9 cm³/mol. The number of hydrogen-bond acceptors (Lipinski definition) is 3. The zero-order chi connectivity index (χ0) is 15.9. The summed E-state index contributed by atoms with van der Waals surface area (Å²) < 4.78 is 0. The van der Waals surface area contributed by atoms with Gasteiger partial charge in [-0.3, -0.25) is 9.59 Å². The topological polar surface area (TPSA) is 98.7 Å². The molecule has 1 rings (SSSR count). The van der Waals surface area contributed by atoms with Gasteiger partial charge in [0.05, 0.1) is 5.41 Å². The van der Waals surface area contributed by atoms with Gasteiger partial charge in [-0.2, -0.15) is 0 Å². The van der Waals surface area contributed by atoms with Crippen molar-refractivity contribution in [3.8, 4) is 0 Å². The van der Waals surface area contributed by atoms with E-state index in [1.54, 1.807) is 14.1 Å². The lowest BCUT2D eigenvalue weighted by Gasteiger charge is -2.32. The largest absolute Gasteiger partial charge is 0.481 e. The average molecular weight is 299 g/mol. The highest BCUT2D eigenvalue weighted by molar-refractivity contribution is 5.85. The smallest absolute Gasteiger partial charge is 0.316 e. The molecule has 3 amide bonds. The molecule has 0 aliphatic heterocycles. The van der Waals surface area contributed by atoms with Gasteiger partial charge in [0.2, 0.25) is 5.91 Å². The Bertz CT molecular complexity index is 390. The van der Waals surface area contributed by atoms with Crippen molar-refractivity contribution in [3.05, 3.63) is 0 Å². The summed E-state index contributed by atoms with van der Waals surface area (Å²) in [5, 5.41) is 14.7. The summed E-state index contributed by atoms with van der Waals surface area (Å²) in [6.45, 7) is 0.622. The Kier molecular flexibility index (Phi) is 6.45. The molecule has 0 unspecified atom stereocenters. The number of carbonyl (C=O) groups is 3. The second kappa shape index (κ2) is 7.85. The van der Waals surface area contributed by atoms with E-state index in [2.05, 4.69) is 10.6 Å². The second-order valence-corrected chi connectivity index (χ2v) is 5.80. The molecule has 1 aliphatic carbocycles. The molecule has 0 aromatic heterocycles. The average Bonchev–Trinajstić information content (AvgIpc) is 2.44. The van der Waals surface area contributed by atoms with E-state index < -0.39 is 11.4 Å². The Labute approximate surface area is 125 Å². The maximum absolute atomic E-state index is 11.9. The van der Waals surface area contributed by atoms with E-state index in [1.807, 2.05) is 0 Å². The second-order valence-electron chi connectivity index (χ2n) is 5.80. The number of carbonyl (C=O) groups excluding carboxylic acids is 2. The standard InChI is InChI=1S/C14H25N3O4/c1-17(2)13(21)16-9-8-15-11(18)10-14(12(19)20)6-4-3-5-7-14/h3-10H2,1-2H3,(H,15,18)(H,16,21)(H,19,20). The molecule has 7 nitrogen and oxygen atoms in total. The molecule has 0 heterocycles. The van der Waals surface area contributed by atoms with Crippen LogP contribution >= 0.6 is 0 Å². The first kappa shape index (κ1) is 17.3. The van der Waals surface area contributed by atoms with Crippen LogP contribution in [0.5, 0.6) is 0 Å². The number of carboxylic acids is 1. The molecule has 0 aromatic rings. The van der Waals surface area contributed by atoms with Gasteiger partial charge in [-0.05, 0) is 12.8 Å². The van der Waals surface area contributed by atoms with Crippen LogP contribution in [0.2, 0.25) is 0 Å². The van der Waals surface area contributed by atoms with E-state index in [9.17, 15) is 19.5 Å². The number of nitrogens with zero attached hydrogens (tertiary/aromatic N) is 1. The maximum Gasteiger partial charge on any atom is 0.316 e. The van der Waals surface area contributed by atoms with Crippen molar-refractivity contribution in [1.82, 2.24) is 15.5 Å². The predicted octanol–water partition coefficient (Wildman–Crippen LogP) is 0.799. The molecule has 0 bridgehead atoms. The highest BCUT2D eigenvalue weighted by Crippen LogP contribution is 2.39. The minimum atomic E-state index is -0.908. The van der Waals surface area contributed by atoms with Gasteiger partial charge in [0.15, 0.2) is 0 Å². The van der Waals surface area contributed by atoms with E-state index >= 15 is 0 Å². The molecule has 3 N–H and O–H groups in total. The van der Waals surface area contributed by atoms with Crippen molar-refractivity contribution < 1.29 is 19.5 Å². The number of carboxylic acid groups (broad SMARTS) is 1. The first-order valence-electron chi connectivity index (χ1n) is 7.33. The number of rotatable bonds is 6. The number of hydrogen-bond donors (Lipinski definition) is 3. The van der Waals surface area contributed by atoms with Crippen LogP contribution in [0.25, 0.3) is 0 Å². The molecule has 0 spiro atoms. The van der Waals surface area contributed by atoms with Gasteiger partial charge in [-0.15, -0.1) is 0 Å². The number of amides is 3. The zero-order valence-electron chi connectivity index (χ0n) is 12.8. The zero-order valence-corrected chi connectivity index (χ0v) is 12.8. The lowest BCUT2D eigenvalue weighted by Crippen LogP contribution is -2.42. The summed E-state index contributed by atoms with van der Waals surface area (Å²) in [5.74, 6) is -1.14. The fraction of sp³-hybridized carbons (Fsp3) is 0.786. The van der Waals surface area contributed by atoms with Gasteiger partial charge >= 0.3 is 12.0 Å². The molecule has 1 aliphatic rings. The molecule has 0 atom stereocenters. The van der Waals surface area contributed by atoms with Crippen LogP contribution in [0.15, 0.2) is 0 Å². The minimum Gasteiger partial charge on any atom is -0.481 e. The third kappa shape index (κ3) is 5.24. The van der Waals surface area contributed by atoms with Crippen molar-refractivity contribution in [2.24, 2.45) is 5.41 Å². The molecule has 1 fully saturated rings. The van der Waals surface area contributed by atoms with E-state index in [0.717, 1.165) is 19.3 Å². The van der Waals surface area contributed by atoms with Crippen molar-refractivity contribution in [2.75, 3.05) is 27.2 Å². The minimum absolute atomic E-state index is 0.0178. The van der Waals surface area contributed by atoms with Crippen LogP contribution in [0, 0.1) is 5.41 Å². The van der Waals surface area contributed by atoms with Crippen LogP contribution < -0.4 is 10.6 Å². The molecule has 0 aromatic carbocycles. The van der Waals surface area contributed by atoms with Gasteiger partial charge in [-0.25, -0.2) is 4.79 Å². The Morgan fingerprint density at radius 3 is 2.14 bits per heavy atom. The highest BCUT2D eigenvalue weighted by Gasteiger charge is 2.41. The van der Waals surface area contributed by atoms with Crippen LogP contribution in [0.4, 0.5) is 4.79 Å².